The molecule has 2 aromatic rings. The lowest BCUT2D eigenvalue weighted by atomic mass is 10.1. The summed E-state index contributed by atoms with van der Waals surface area (Å²) in [6.07, 6.45) is 5.65. The molecule has 1 N–H and O–H groups in total. The molecule has 5 nitrogen and oxygen atoms in total. The normalized spacial score (nSPS) is 19.4. The molecule has 2 aromatic heterocycles. The zero-order valence-electron chi connectivity index (χ0n) is 12.0. The molecule has 1 fully saturated rings. The lowest BCUT2D eigenvalue weighted by Crippen LogP contribution is -2.46. The highest BCUT2D eigenvalue weighted by Gasteiger charge is 2.20. The van der Waals surface area contributed by atoms with Gasteiger partial charge in [-0.15, -0.1) is 11.3 Å². The van der Waals surface area contributed by atoms with Crippen LogP contribution in [0, 0.1) is 0 Å². The number of rotatable bonds is 3. The summed E-state index contributed by atoms with van der Waals surface area (Å²) in [6.45, 7) is 2.01. The van der Waals surface area contributed by atoms with Crippen LogP contribution in [0.1, 0.15) is 23.3 Å². The van der Waals surface area contributed by atoms with E-state index in [1.54, 1.807) is 12.4 Å². The van der Waals surface area contributed by atoms with Gasteiger partial charge in [-0.2, -0.15) is 0 Å². The smallest absolute Gasteiger partial charge is 0.271 e. The standard InChI is InChI=1S/C15H18N4OS/c1-19-7-3-5-12(9-19)17-14(20)13-10-21-15(18-13)11-4-2-6-16-8-11/h2,4,6,8,10,12H,3,5,7,9H2,1H3,(H,17,20)/t12-/m1/s1. The molecule has 1 aliphatic rings. The molecule has 1 amide bonds. The molecule has 3 rings (SSSR count). The molecule has 0 radical (unpaired) electrons. The second-order valence-corrected chi connectivity index (χ2v) is 6.21. The first-order valence-corrected chi connectivity index (χ1v) is 7.95. The van der Waals surface area contributed by atoms with Crippen molar-refractivity contribution in [2.45, 2.75) is 18.9 Å². The van der Waals surface area contributed by atoms with Gasteiger partial charge in [0.05, 0.1) is 0 Å². The zero-order chi connectivity index (χ0) is 14.7. The van der Waals surface area contributed by atoms with E-state index < -0.39 is 0 Å². The Morgan fingerprint density at radius 1 is 1.52 bits per heavy atom. The van der Waals surface area contributed by atoms with Gasteiger partial charge in [0.1, 0.15) is 10.7 Å². The first-order valence-electron chi connectivity index (χ1n) is 7.08. The molecular formula is C15H18N4OS. The van der Waals surface area contributed by atoms with Gasteiger partial charge >= 0.3 is 0 Å². The first-order chi connectivity index (χ1) is 10.2. The molecule has 1 saturated heterocycles. The van der Waals surface area contributed by atoms with E-state index in [4.69, 9.17) is 0 Å². The number of pyridine rings is 1. The summed E-state index contributed by atoms with van der Waals surface area (Å²) < 4.78 is 0. The SMILES string of the molecule is CN1CCC[C@@H](NC(=O)c2csc(-c3cccnc3)n2)C1. The summed E-state index contributed by atoms with van der Waals surface area (Å²) >= 11 is 1.47. The van der Waals surface area contributed by atoms with Crippen molar-refractivity contribution in [3.63, 3.8) is 0 Å². The molecular weight excluding hydrogens is 284 g/mol. The summed E-state index contributed by atoms with van der Waals surface area (Å²) in [4.78, 5) is 23.0. The molecule has 3 heterocycles. The number of piperidine rings is 1. The first kappa shape index (κ1) is 14.2. The summed E-state index contributed by atoms with van der Waals surface area (Å²) in [7, 11) is 2.08. The quantitative estimate of drug-likeness (QED) is 0.942. The van der Waals surface area contributed by atoms with Gasteiger partial charge < -0.3 is 10.2 Å². The van der Waals surface area contributed by atoms with E-state index in [0.717, 1.165) is 36.5 Å². The molecule has 0 unspecified atom stereocenters. The van der Waals surface area contributed by atoms with Crippen molar-refractivity contribution in [2.24, 2.45) is 0 Å². The molecule has 0 bridgehead atoms. The number of carbonyl (C=O) groups excluding carboxylic acids is 1. The van der Waals surface area contributed by atoms with Crippen molar-refractivity contribution in [2.75, 3.05) is 20.1 Å². The Bertz CT molecular complexity index is 613. The maximum absolute atomic E-state index is 12.3. The van der Waals surface area contributed by atoms with Gasteiger partial charge in [0.25, 0.3) is 5.91 Å². The molecule has 1 aliphatic heterocycles. The number of carbonyl (C=O) groups is 1. The van der Waals surface area contributed by atoms with Crippen molar-refractivity contribution >= 4 is 17.2 Å². The number of likely N-dealkylation sites (tertiary alicyclic amines) is 1. The van der Waals surface area contributed by atoms with Crippen LogP contribution in [0.4, 0.5) is 0 Å². The third-order valence-corrected chi connectivity index (χ3v) is 4.50. The lowest BCUT2D eigenvalue weighted by Gasteiger charge is -2.29. The fraction of sp³-hybridized carbons (Fsp3) is 0.400. The van der Waals surface area contributed by atoms with Gasteiger partial charge in [-0.1, -0.05) is 0 Å². The summed E-state index contributed by atoms with van der Waals surface area (Å²) in [5.41, 5.74) is 1.44. The van der Waals surface area contributed by atoms with Crippen LogP contribution in [0.3, 0.4) is 0 Å². The average molecular weight is 302 g/mol. The fourth-order valence-corrected chi connectivity index (χ4v) is 3.33. The Morgan fingerprint density at radius 2 is 2.43 bits per heavy atom. The largest absolute Gasteiger partial charge is 0.347 e. The van der Waals surface area contributed by atoms with Gasteiger partial charge in [0.2, 0.25) is 0 Å². The van der Waals surface area contributed by atoms with Crippen molar-refractivity contribution in [3.8, 4) is 10.6 Å². The molecule has 21 heavy (non-hydrogen) atoms. The molecule has 6 heteroatoms. The van der Waals surface area contributed by atoms with Crippen LogP contribution in [0.5, 0.6) is 0 Å². The van der Waals surface area contributed by atoms with E-state index in [0.29, 0.717) is 5.69 Å². The highest BCUT2D eigenvalue weighted by atomic mass is 32.1. The molecule has 0 aliphatic carbocycles. The van der Waals surface area contributed by atoms with Gasteiger partial charge in [-0.3, -0.25) is 9.78 Å². The van der Waals surface area contributed by atoms with Gasteiger partial charge in [0.15, 0.2) is 0 Å². The van der Waals surface area contributed by atoms with E-state index in [9.17, 15) is 4.79 Å². The minimum atomic E-state index is -0.0818. The van der Waals surface area contributed by atoms with E-state index in [2.05, 4.69) is 27.2 Å². The number of aromatic nitrogens is 2. The van der Waals surface area contributed by atoms with Gasteiger partial charge in [-0.25, -0.2) is 4.98 Å². The van der Waals surface area contributed by atoms with E-state index in [1.165, 1.54) is 11.3 Å². The van der Waals surface area contributed by atoms with Crippen LogP contribution < -0.4 is 5.32 Å². The van der Waals surface area contributed by atoms with Crippen LogP contribution >= 0.6 is 11.3 Å². The Kier molecular flexibility index (Phi) is 4.26. The number of hydrogen-bond donors (Lipinski definition) is 1. The number of nitrogens with one attached hydrogen (secondary N) is 1. The number of likely N-dealkylation sites (N-methyl/N-ethyl adjacent to an activating group) is 1. The molecule has 0 aromatic carbocycles. The second-order valence-electron chi connectivity index (χ2n) is 5.35. The van der Waals surface area contributed by atoms with Crippen molar-refractivity contribution < 1.29 is 4.79 Å². The fourth-order valence-electron chi connectivity index (χ4n) is 2.54. The summed E-state index contributed by atoms with van der Waals surface area (Å²) in [5.74, 6) is -0.0818. The predicted octanol–water partition coefficient (Wildman–Crippen LogP) is 2.03. The van der Waals surface area contributed by atoms with E-state index >= 15 is 0 Å². The number of hydrogen-bond acceptors (Lipinski definition) is 5. The van der Waals surface area contributed by atoms with Crippen LogP contribution in [-0.2, 0) is 0 Å². The Morgan fingerprint density at radius 3 is 3.19 bits per heavy atom. The lowest BCUT2D eigenvalue weighted by molar-refractivity contribution is 0.0908. The van der Waals surface area contributed by atoms with Gasteiger partial charge in [-0.05, 0) is 38.6 Å². The average Bonchev–Trinajstić information content (AvgIpc) is 2.98. The van der Waals surface area contributed by atoms with Crippen molar-refractivity contribution in [1.82, 2.24) is 20.2 Å². The molecule has 110 valence electrons. The Balaban J connectivity index is 1.67. The Hall–Kier alpha value is -1.79. The topological polar surface area (TPSA) is 58.1 Å². The van der Waals surface area contributed by atoms with Crippen LogP contribution in [-0.4, -0.2) is 47.0 Å². The number of nitrogens with zero attached hydrogens (tertiary/aromatic N) is 3. The maximum atomic E-state index is 12.3. The minimum absolute atomic E-state index is 0.0818. The Labute approximate surface area is 128 Å². The van der Waals surface area contributed by atoms with Crippen molar-refractivity contribution in [1.29, 1.82) is 0 Å². The molecule has 0 spiro atoms. The van der Waals surface area contributed by atoms with Gasteiger partial charge in [0, 0.05) is 35.9 Å². The predicted molar refractivity (Wildman–Crippen MR) is 83.3 cm³/mol. The highest BCUT2D eigenvalue weighted by Crippen LogP contribution is 2.22. The van der Waals surface area contributed by atoms with Crippen LogP contribution in [0.25, 0.3) is 10.6 Å². The molecule has 1 atom stereocenters. The highest BCUT2D eigenvalue weighted by molar-refractivity contribution is 7.13. The van der Waals surface area contributed by atoms with Crippen molar-refractivity contribution in [3.05, 3.63) is 35.6 Å². The van der Waals surface area contributed by atoms with E-state index in [1.807, 2.05) is 17.5 Å². The summed E-state index contributed by atoms with van der Waals surface area (Å²) in [5, 5.41) is 5.72. The summed E-state index contributed by atoms with van der Waals surface area (Å²) in [6, 6.07) is 4.04. The number of amides is 1. The second kappa shape index (κ2) is 6.32. The zero-order valence-corrected chi connectivity index (χ0v) is 12.8. The van der Waals surface area contributed by atoms with E-state index in [-0.39, 0.29) is 11.9 Å². The number of thiazole rings is 1. The third kappa shape index (κ3) is 3.46. The van der Waals surface area contributed by atoms with Crippen LogP contribution in [0.2, 0.25) is 0 Å². The minimum Gasteiger partial charge on any atom is -0.347 e. The maximum Gasteiger partial charge on any atom is 0.271 e. The monoisotopic (exact) mass is 302 g/mol. The molecule has 0 saturated carbocycles. The van der Waals surface area contributed by atoms with Crippen LogP contribution in [0.15, 0.2) is 29.9 Å². The third-order valence-electron chi connectivity index (χ3n) is 3.61.